The number of thiophene rings is 1. The van der Waals surface area contributed by atoms with Crippen molar-refractivity contribution < 1.29 is 17.9 Å². The van der Waals surface area contributed by atoms with E-state index in [4.69, 9.17) is 4.74 Å². The molecule has 0 bridgehead atoms. The lowest BCUT2D eigenvalue weighted by Gasteiger charge is -2.12. The second-order valence-corrected chi connectivity index (χ2v) is 8.95. The maximum atomic E-state index is 12.4. The minimum Gasteiger partial charge on any atom is -0.491 e. The summed E-state index contributed by atoms with van der Waals surface area (Å²) in [6, 6.07) is 4.91. The monoisotopic (exact) mass is 430 g/mol. The van der Waals surface area contributed by atoms with Crippen LogP contribution in [0.15, 0.2) is 32.3 Å². The van der Waals surface area contributed by atoms with Gasteiger partial charge in [-0.3, -0.25) is 4.79 Å². The topological polar surface area (TPSA) is 84.5 Å². The number of hydrogen-bond donors (Lipinski definition) is 2. The van der Waals surface area contributed by atoms with Crippen molar-refractivity contribution in [2.45, 2.75) is 17.7 Å². The summed E-state index contributed by atoms with van der Waals surface area (Å²) in [5, 5.41) is 4.86. The van der Waals surface area contributed by atoms with Gasteiger partial charge in [0.1, 0.15) is 16.6 Å². The summed E-state index contributed by atoms with van der Waals surface area (Å²) in [5.41, 5.74) is 1.67. The van der Waals surface area contributed by atoms with Crippen molar-refractivity contribution in [1.82, 2.24) is 10.0 Å². The van der Waals surface area contributed by atoms with Gasteiger partial charge in [0.05, 0.1) is 4.47 Å². The molecule has 0 fully saturated rings. The fourth-order valence-electron chi connectivity index (χ4n) is 2.38. The molecular formula is C15H15BrN2O4S2. The molecule has 0 atom stereocenters. The molecule has 0 saturated carbocycles. The van der Waals surface area contributed by atoms with Gasteiger partial charge >= 0.3 is 0 Å². The average Bonchev–Trinajstić information content (AvgIpc) is 2.81. The third-order valence-electron chi connectivity index (χ3n) is 3.51. The molecule has 1 aromatic carbocycles. The van der Waals surface area contributed by atoms with Crippen molar-refractivity contribution in [2.24, 2.45) is 0 Å². The summed E-state index contributed by atoms with van der Waals surface area (Å²) in [5.74, 6) is 0.00375. The van der Waals surface area contributed by atoms with Crippen LogP contribution >= 0.6 is 27.3 Å². The van der Waals surface area contributed by atoms with Crippen molar-refractivity contribution in [3.63, 3.8) is 0 Å². The zero-order chi connectivity index (χ0) is 17.3. The van der Waals surface area contributed by atoms with Crippen molar-refractivity contribution in [1.29, 1.82) is 0 Å². The van der Waals surface area contributed by atoms with Crippen LogP contribution in [0.3, 0.4) is 0 Å². The average molecular weight is 431 g/mol. The number of ether oxygens (including phenoxy) is 1. The number of rotatable bonds is 3. The van der Waals surface area contributed by atoms with Gasteiger partial charge < -0.3 is 10.1 Å². The highest BCUT2D eigenvalue weighted by Gasteiger charge is 2.23. The number of aryl methyl sites for hydroxylation is 1. The highest BCUT2D eigenvalue weighted by Crippen LogP contribution is 2.32. The van der Waals surface area contributed by atoms with Gasteiger partial charge in [-0.05, 0) is 52.0 Å². The smallest absolute Gasteiger partial charge is 0.274 e. The van der Waals surface area contributed by atoms with Crippen LogP contribution in [-0.2, 0) is 16.6 Å². The van der Waals surface area contributed by atoms with Gasteiger partial charge in [-0.25, -0.2) is 13.1 Å². The number of benzene rings is 1. The fraction of sp³-hybridized carbons (Fsp3) is 0.267. The zero-order valence-corrected chi connectivity index (χ0v) is 16.0. The summed E-state index contributed by atoms with van der Waals surface area (Å²) < 4.78 is 33.2. The molecule has 2 heterocycles. The Labute approximate surface area is 152 Å². The van der Waals surface area contributed by atoms with E-state index in [1.807, 2.05) is 0 Å². The number of fused-ring (bicyclic) bond motifs is 1. The number of carbonyl (C=O) groups excluding carboxylic acids is 1. The van der Waals surface area contributed by atoms with E-state index in [1.165, 1.54) is 0 Å². The van der Waals surface area contributed by atoms with Crippen molar-refractivity contribution in [2.75, 3.05) is 13.2 Å². The number of hydrogen-bond acceptors (Lipinski definition) is 6. The van der Waals surface area contributed by atoms with Gasteiger partial charge in [-0.1, -0.05) is 0 Å². The normalized spacial score (nSPS) is 14.4. The standard InChI is InChI=1S/C15H15BrN2O4S2/c1-9-2-5-23-15(9)24(20,21)18-14(19)10-6-11-8-17-3-4-22-13(11)12(16)7-10/h2,5-7,17H,3-4,8H2,1H3,(H,18,19). The molecule has 0 unspecified atom stereocenters. The minimum atomic E-state index is -3.88. The van der Waals surface area contributed by atoms with Gasteiger partial charge in [0.15, 0.2) is 0 Å². The van der Waals surface area contributed by atoms with E-state index in [9.17, 15) is 13.2 Å². The predicted molar refractivity (Wildman–Crippen MR) is 95.1 cm³/mol. The molecule has 1 aliphatic heterocycles. The van der Waals surface area contributed by atoms with Gasteiger partial charge in [0, 0.05) is 24.2 Å². The summed E-state index contributed by atoms with van der Waals surface area (Å²) in [4.78, 5) is 12.4. The zero-order valence-electron chi connectivity index (χ0n) is 12.8. The van der Waals surface area contributed by atoms with Crippen LogP contribution in [0.5, 0.6) is 5.75 Å². The summed E-state index contributed by atoms with van der Waals surface area (Å²) in [6.07, 6.45) is 0. The molecule has 0 aliphatic carbocycles. The Balaban J connectivity index is 1.90. The molecule has 1 aliphatic rings. The highest BCUT2D eigenvalue weighted by atomic mass is 79.9. The van der Waals surface area contributed by atoms with E-state index in [0.717, 1.165) is 16.9 Å². The lowest BCUT2D eigenvalue weighted by molar-refractivity contribution is 0.0981. The Kier molecular flexibility index (Phi) is 4.95. The molecular weight excluding hydrogens is 416 g/mol. The molecule has 0 saturated heterocycles. The minimum absolute atomic E-state index is 0.148. The van der Waals surface area contributed by atoms with E-state index >= 15 is 0 Å². The first-order valence-corrected chi connectivity index (χ1v) is 10.3. The number of amides is 1. The molecule has 0 spiro atoms. The molecule has 24 heavy (non-hydrogen) atoms. The fourth-order valence-corrected chi connectivity index (χ4v) is 5.39. The quantitative estimate of drug-likeness (QED) is 0.780. The third-order valence-corrected chi connectivity index (χ3v) is 7.12. The molecule has 0 radical (unpaired) electrons. The van der Waals surface area contributed by atoms with Crippen molar-refractivity contribution in [3.8, 4) is 5.75 Å². The molecule has 3 rings (SSSR count). The van der Waals surface area contributed by atoms with Crippen LogP contribution in [0.1, 0.15) is 21.5 Å². The summed E-state index contributed by atoms with van der Waals surface area (Å²) in [7, 11) is -3.88. The van der Waals surface area contributed by atoms with E-state index < -0.39 is 15.9 Å². The Morgan fingerprint density at radius 3 is 2.92 bits per heavy atom. The maximum absolute atomic E-state index is 12.4. The Hall–Kier alpha value is -1.42. The summed E-state index contributed by atoms with van der Waals surface area (Å²) >= 11 is 4.47. The van der Waals surface area contributed by atoms with Crippen LogP contribution in [0, 0.1) is 6.92 Å². The number of halogens is 1. The molecule has 6 nitrogen and oxygen atoms in total. The van der Waals surface area contributed by atoms with Crippen LogP contribution in [0.25, 0.3) is 0 Å². The SMILES string of the molecule is Cc1ccsc1S(=O)(=O)NC(=O)c1cc(Br)c2c(c1)CNCCO2. The van der Waals surface area contributed by atoms with Crippen LogP contribution in [-0.4, -0.2) is 27.5 Å². The largest absolute Gasteiger partial charge is 0.491 e. The lowest BCUT2D eigenvalue weighted by Crippen LogP contribution is -2.30. The van der Waals surface area contributed by atoms with Gasteiger partial charge in [-0.2, -0.15) is 0 Å². The first-order valence-electron chi connectivity index (χ1n) is 7.15. The van der Waals surface area contributed by atoms with Crippen molar-refractivity contribution in [3.05, 3.63) is 44.7 Å². The van der Waals surface area contributed by atoms with Crippen LogP contribution < -0.4 is 14.8 Å². The Morgan fingerprint density at radius 2 is 2.21 bits per heavy atom. The molecule has 1 amide bonds. The number of nitrogens with one attached hydrogen (secondary N) is 2. The lowest BCUT2D eigenvalue weighted by atomic mass is 10.1. The first kappa shape index (κ1) is 17.4. The molecule has 2 N–H and O–H groups in total. The van der Waals surface area contributed by atoms with Gasteiger partial charge in [0.25, 0.3) is 15.9 Å². The van der Waals surface area contributed by atoms with E-state index in [-0.39, 0.29) is 9.77 Å². The van der Waals surface area contributed by atoms with Gasteiger partial charge in [0.2, 0.25) is 0 Å². The van der Waals surface area contributed by atoms with Crippen LogP contribution in [0.4, 0.5) is 0 Å². The van der Waals surface area contributed by atoms with E-state index in [1.54, 1.807) is 30.5 Å². The second kappa shape index (κ2) is 6.83. The van der Waals surface area contributed by atoms with E-state index in [0.29, 0.717) is 35.5 Å². The highest BCUT2D eigenvalue weighted by molar-refractivity contribution is 9.10. The Bertz CT molecular complexity index is 893. The third kappa shape index (κ3) is 3.49. The molecule has 9 heteroatoms. The summed E-state index contributed by atoms with van der Waals surface area (Å²) in [6.45, 7) is 3.47. The van der Waals surface area contributed by atoms with E-state index in [2.05, 4.69) is 26.0 Å². The number of sulfonamides is 1. The first-order chi connectivity index (χ1) is 11.4. The van der Waals surface area contributed by atoms with Crippen LogP contribution in [0.2, 0.25) is 0 Å². The predicted octanol–water partition coefficient (Wildman–Crippen LogP) is 2.42. The molecule has 2 aromatic rings. The molecule has 1 aromatic heterocycles. The molecule has 128 valence electrons. The number of carbonyl (C=O) groups is 1. The second-order valence-electron chi connectivity index (χ2n) is 5.30. The van der Waals surface area contributed by atoms with Gasteiger partial charge in [-0.15, -0.1) is 11.3 Å². The van der Waals surface area contributed by atoms with Crippen molar-refractivity contribution >= 4 is 43.2 Å². The Morgan fingerprint density at radius 1 is 1.42 bits per heavy atom. The maximum Gasteiger partial charge on any atom is 0.274 e.